The molecule has 0 aromatic carbocycles. The standard InChI is InChI=1S/C15H26O3/c1-15(2,3)18-14(17)12-8-10-6-4-5-7-11(10)9-13(12)16/h10-13,16H,4-9H2,1-3H3. The van der Waals surface area contributed by atoms with Crippen LogP contribution in [0.5, 0.6) is 0 Å². The molecule has 4 unspecified atom stereocenters. The lowest BCUT2D eigenvalue weighted by Gasteiger charge is -2.41. The summed E-state index contributed by atoms with van der Waals surface area (Å²) in [5.41, 5.74) is -0.458. The van der Waals surface area contributed by atoms with E-state index in [1.165, 1.54) is 25.7 Å². The molecule has 2 aliphatic rings. The van der Waals surface area contributed by atoms with Crippen molar-refractivity contribution in [3.8, 4) is 0 Å². The fourth-order valence-electron chi connectivity index (χ4n) is 3.49. The molecule has 2 saturated carbocycles. The first-order valence-electron chi connectivity index (χ1n) is 7.28. The lowest BCUT2D eigenvalue weighted by molar-refractivity contribution is -0.168. The third-order valence-electron chi connectivity index (χ3n) is 4.34. The van der Waals surface area contributed by atoms with Crippen LogP contribution in [0.25, 0.3) is 0 Å². The highest BCUT2D eigenvalue weighted by Gasteiger charge is 2.41. The first-order valence-corrected chi connectivity index (χ1v) is 7.28. The SMILES string of the molecule is CC(C)(C)OC(=O)C1CC2CCCCC2CC1O. The summed E-state index contributed by atoms with van der Waals surface area (Å²) in [6.45, 7) is 5.64. The number of carbonyl (C=O) groups is 1. The molecule has 2 aliphatic carbocycles. The normalized spacial score (nSPS) is 36.9. The van der Waals surface area contributed by atoms with Crippen LogP contribution < -0.4 is 0 Å². The van der Waals surface area contributed by atoms with Crippen molar-refractivity contribution in [1.82, 2.24) is 0 Å². The second-order valence-corrected chi connectivity index (χ2v) is 6.98. The number of aliphatic hydroxyl groups is 1. The Hall–Kier alpha value is -0.570. The van der Waals surface area contributed by atoms with Gasteiger partial charge >= 0.3 is 5.97 Å². The van der Waals surface area contributed by atoms with Gasteiger partial charge in [-0.2, -0.15) is 0 Å². The smallest absolute Gasteiger partial charge is 0.312 e. The van der Waals surface area contributed by atoms with Crippen LogP contribution >= 0.6 is 0 Å². The average Bonchev–Trinajstić information content (AvgIpc) is 2.25. The number of aliphatic hydroxyl groups excluding tert-OH is 1. The van der Waals surface area contributed by atoms with Crippen molar-refractivity contribution in [2.24, 2.45) is 17.8 Å². The molecule has 0 amide bonds. The van der Waals surface area contributed by atoms with Gasteiger partial charge in [-0.1, -0.05) is 25.7 Å². The monoisotopic (exact) mass is 254 g/mol. The zero-order valence-corrected chi connectivity index (χ0v) is 11.8. The van der Waals surface area contributed by atoms with E-state index in [0.29, 0.717) is 11.8 Å². The Morgan fingerprint density at radius 2 is 1.67 bits per heavy atom. The largest absolute Gasteiger partial charge is 0.460 e. The maximum absolute atomic E-state index is 12.1. The summed E-state index contributed by atoms with van der Waals surface area (Å²) in [7, 11) is 0. The Morgan fingerprint density at radius 1 is 1.11 bits per heavy atom. The summed E-state index contributed by atoms with van der Waals surface area (Å²) >= 11 is 0. The Labute approximate surface area is 110 Å². The van der Waals surface area contributed by atoms with Crippen LogP contribution in [0.4, 0.5) is 0 Å². The molecule has 2 rings (SSSR count). The molecular formula is C15H26O3. The summed E-state index contributed by atoms with van der Waals surface area (Å²) in [6.07, 6.45) is 6.11. The zero-order chi connectivity index (χ0) is 13.3. The van der Waals surface area contributed by atoms with Crippen molar-refractivity contribution in [3.05, 3.63) is 0 Å². The number of carbonyl (C=O) groups excluding carboxylic acids is 1. The Morgan fingerprint density at radius 3 is 2.22 bits per heavy atom. The summed E-state index contributed by atoms with van der Waals surface area (Å²) in [5.74, 6) is 0.745. The first kappa shape index (κ1) is 13.9. The van der Waals surface area contributed by atoms with Gasteiger partial charge in [0.2, 0.25) is 0 Å². The third kappa shape index (κ3) is 3.25. The first-order chi connectivity index (χ1) is 8.37. The molecule has 0 spiro atoms. The fraction of sp³-hybridized carbons (Fsp3) is 0.933. The summed E-state index contributed by atoms with van der Waals surface area (Å²) in [5, 5.41) is 10.2. The van der Waals surface area contributed by atoms with Crippen LogP contribution in [0.15, 0.2) is 0 Å². The molecule has 4 atom stereocenters. The van der Waals surface area contributed by atoms with E-state index in [-0.39, 0.29) is 11.9 Å². The number of hydrogen-bond donors (Lipinski definition) is 1. The molecule has 3 nitrogen and oxygen atoms in total. The number of rotatable bonds is 1. The number of ether oxygens (including phenoxy) is 1. The van der Waals surface area contributed by atoms with E-state index in [0.717, 1.165) is 12.8 Å². The predicted molar refractivity (Wildman–Crippen MR) is 70.0 cm³/mol. The van der Waals surface area contributed by atoms with Crippen LogP contribution in [0.3, 0.4) is 0 Å². The highest BCUT2D eigenvalue weighted by molar-refractivity contribution is 5.73. The van der Waals surface area contributed by atoms with Gasteiger partial charge in [-0.05, 0) is 45.4 Å². The van der Waals surface area contributed by atoms with E-state index in [1.54, 1.807) is 0 Å². The molecule has 0 aromatic rings. The van der Waals surface area contributed by atoms with Gasteiger partial charge in [0.25, 0.3) is 0 Å². The van der Waals surface area contributed by atoms with Crippen molar-refractivity contribution in [3.63, 3.8) is 0 Å². The quantitative estimate of drug-likeness (QED) is 0.732. The molecule has 0 saturated heterocycles. The Bertz CT molecular complexity index is 305. The minimum atomic E-state index is -0.501. The Balaban J connectivity index is 1.98. The van der Waals surface area contributed by atoms with Crippen LogP contribution in [-0.4, -0.2) is 22.8 Å². The maximum Gasteiger partial charge on any atom is 0.312 e. The minimum absolute atomic E-state index is 0.209. The second kappa shape index (κ2) is 5.20. The van der Waals surface area contributed by atoms with Crippen LogP contribution in [0.2, 0.25) is 0 Å². The minimum Gasteiger partial charge on any atom is -0.460 e. The predicted octanol–water partition coefficient (Wildman–Crippen LogP) is 2.91. The highest BCUT2D eigenvalue weighted by Crippen LogP contribution is 2.43. The Kier molecular flexibility index (Phi) is 4.00. The molecule has 2 fully saturated rings. The van der Waals surface area contributed by atoms with E-state index >= 15 is 0 Å². The second-order valence-electron chi connectivity index (χ2n) is 6.98. The lowest BCUT2D eigenvalue weighted by atomic mass is 9.66. The van der Waals surface area contributed by atoms with Crippen LogP contribution in [0, 0.1) is 17.8 Å². The fourth-order valence-corrected chi connectivity index (χ4v) is 3.49. The van der Waals surface area contributed by atoms with Crippen molar-refractivity contribution < 1.29 is 14.6 Å². The van der Waals surface area contributed by atoms with Crippen molar-refractivity contribution >= 4 is 5.97 Å². The molecule has 1 N–H and O–H groups in total. The van der Waals surface area contributed by atoms with Gasteiger partial charge < -0.3 is 9.84 Å². The highest BCUT2D eigenvalue weighted by atomic mass is 16.6. The van der Waals surface area contributed by atoms with E-state index in [1.807, 2.05) is 20.8 Å². The molecular weight excluding hydrogens is 228 g/mol. The van der Waals surface area contributed by atoms with Crippen LogP contribution in [-0.2, 0) is 9.53 Å². The van der Waals surface area contributed by atoms with Gasteiger partial charge in [0.15, 0.2) is 0 Å². The topological polar surface area (TPSA) is 46.5 Å². The summed E-state index contributed by atoms with van der Waals surface area (Å²) < 4.78 is 5.43. The van der Waals surface area contributed by atoms with Crippen LogP contribution in [0.1, 0.15) is 59.3 Å². The average molecular weight is 254 g/mol. The van der Waals surface area contributed by atoms with Gasteiger partial charge in [-0.3, -0.25) is 4.79 Å². The molecule has 0 radical (unpaired) electrons. The van der Waals surface area contributed by atoms with E-state index < -0.39 is 11.7 Å². The van der Waals surface area contributed by atoms with E-state index in [2.05, 4.69) is 0 Å². The number of fused-ring (bicyclic) bond motifs is 1. The number of esters is 1. The van der Waals surface area contributed by atoms with Crippen molar-refractivity contribution in [2.45, 2.75) is 71.0 Å². The summed E-state index contributed by atoms with van der Waals surface area (Å²) in [4.78, 5) is 12.1. The van der Waals surface area contributed by atoms with Crippen molar-refractivity contribution in [2.75, 3.05) is 0 Å². The van der Waals surface area contributed by atoms with Gasteiger partial charge in [0, 0.05) is 0 Å². The molecule has 3 heteroatoms. The van der Waals surface area contributed by atoms with E-state index in [4.69, 9.17) is 4.74 Å². The molecule has 0 bridgehead atoms. The molecule has 0 aliphatic heterocycles. The maximum atomic E-state index is 12.1. The van der Waals surface area contributed by atoms with Gasteiger partial charge in [-0.15, -0.1) is 0 Å². The summed E-state index contributed by atoms with van der Waals surface area (Å²) in [6, 6.07) is 0. The van der Waals surface area contributed by atoms with Gasteiger partial charge in [0.1, 0.15) is 5.60 Å². The molecule has 104 valence electrons. The van der Waals surface area contributed by atoms with Gasteiger partial charge in [-0.25, -0.2) is 0 Å². The lowest BCUT2D eigenvalue weighted by Crippen LogP contribution is -2.43. The molecule has 0 aromatic heterocycles. The molecule has 18 heavy (non-hydrogen) atoms. The van der Waals surface area contributed by atoms with E-state index in [9.17, 15) is 9.90 Å². The van der Waals surface area contributed by atoms with Crippen molar-refractivity contribution in [1.29, 1.82) is 0 Å². The third-order valence-corrected chi connectivity index (χ3v) is 4.34. The zero-order valence-electron chi connectivity index (χ0n) is 11.8. The van der Waals surface area contributed by atoms with Gasteiger partial charge in [0.05, 0.1) is 12.0 Å². The molecule has 0 heterocycles. The number of hydrogen-bond acceptors (Lipinski definition) is 3.